The highest BCUT2D eigenvalue weighted by atomic mass is 79.9. The van der Waals surface area contributed by atoms with E-state index >= 15 is 0 Å². The fraction of sp³-hybridized carbons (Fsp3) is 0.250. The molecule has 1 aliphatic carbocycles. The molecule has 0 bridgehead atoms. The number of aromatic nitrogens is 2. The minimum absolute atomic E-state index is 0.126. The molecule has 2 aromatic rings. The smallest absolute Gasteiger partial charge is 0.0650 e. The average molecular weight is 278 g/mol. The van der Waals surface area contributed by atoms with Crippen LogP contribution in [-0.4, -0.2) is 9.78 Å². The number of hydrogen-bond donors (Lipinski definition) is 1. The molecular weight excluding hydrogens is 266 g/mol. The lowest BCUT2D eigenvalue weighted by Gasteiger charge is -2.09. The molecule has 1 aromatic carbocycles. The first kappa shape index (κ1) is 10.1. The molecular formula is C12H12BrN3. The Balaban J connectivity index is 2.11. The second kappa shape index (κ2) is 3.71. The zero-order valence-corrected chi connectivity index (χ0v) is 10.3. The van der Waals surface area contributed by atoms with Gasteiger partial charge in [0.2, 0.25) is 0 Å². The molecule has 0 amide bonds. The summed E-state index contributed by atoms with van der Waals surface area (Å²) in [5.41, 5.74) is 9.62. The summed E-state index contributed by atoms with van der Waals surface area (Å²) in [6.07, 6.45) is 4.01. The molecule has 1 atom stereocenters. The molecule has 1 heterocycles. The van der Waals surface area contributed by atoms with Gasteiger partial charge in [0.25, 0.3) is 0 Å². The van der Waals surface area contributed by atoms with E-state index in [9.17, 15) is 0 Å². The Labute approximate surface area is 102 Å². The van der Waals surface area contributed by atoms with Crippen LogP contribution in [0.25, 0.3) is 5.69 Å². The van der Waals surface area contributed by atoms with Gasteiger partial charge >= 0.3 is 0 Å². The van der Waals surface area contributed by atoms with Crippen LogP contribution in [0, 0.1) is 0 Å². The number of aryl methyl sites for hydroxylation is 1. The molecule has 0 fully saturated rings. The van der Waals surface area contributed by atoms with Crippen molar-refractivity contribution in [3.63, 3.8) is 0 Å². The number of rotatable bonds is 1. The van der Waals surface area contributed by atoms with Crippen molar-refractivity contribution < 1.29 is 0 Å². The zero-order chi connectivity index (χ0) is 11.1. The van der Waals surface area contributed by atoms with Crippen LogP contribution in [-0.2, 0) is 6.42 Å². The van der Waals surface area contributed by atoms with E-state index < -0.39 is 0 Å². The van der Waals surface area contributed by atoms with Crippen LogP contribution in [0.3, 0.4) is 0 Å². The summed E-state index contributed by atoms with van der Waals surface area (Å²) in [6.45, 7) is 0. The number of fused-ring (bicyclic) bond motifs is 1. The molecule has 1 aromatic heterocycles. The van der Waals surface area contributed by atoms with Gasteiger partial charge in [-0.2, -0.15) is 5.10 Å². The van der Waals surface area contributed by atoms with Crippen LogP contribution < -0.4 is 5.73 Å². The second-order valence-corrected chi connectivity index (χ2v) is 5.00. The Morgan fingerprint density at radius 1 is 1.31 bits per heavy atom. The van der Waals surface area contributed by atoms with E-state index in [1.165, 1.54) is 11.3 Å². The highest BCUT2D eigenvalue weighted by Gasteiger charge is 2.24. The third kappa shape index (κ3) is 1.49. The Morgan fingerprint density at radius 2 is 2.06 bits per heavy atom. The third-order valence-corrected chi connectivity index (χ3v) is 3.56. The molecule has 1 unspecified atom stereocenters. The Morgan fingerprint density at radius 3 is 2.81 bits per heavy atom. The van der Waals surface area contributed by atoms with Gasteiger partial charge < -0.3 is 5.73 Å². The lowest BCUT2D eigenvalue weighted by Crippen LogP contribution is -2.12. The summed E-state index contributed by atoms with van der Waals surface area (Å²) in [5, 5.41) is 4.41. The van der Waals surface area contributed by atoms with E-state index in [4.69, 9.17) is 5.73 Å². The number of nitrogens with two attached hydrogens (primary N) is 1. The van der Waals surface area contributed by atoms with E-state index in [0.29, 0.717) is 0 Å². The quantitative estimate of drug-likeness (QED) is 0.871. The maximum Gasteiger partial charge on any atom is 0.0650 e. The maximum atomic E-state index is 6.09. The van der Waals surface area contributed by atoms with Gasteiger partial charge in [0, 0.05) is 10.5 Å². The van der Waals surface area contributed by atoms with Crippen molar-refractivity contribution in [2.24, 2.45) is 5.73 Å². The van der Waals surface area contributed by atoms with Crippen molar-refractivity contribution in [2.75, 3.05) is 0 Å². The van der Waals surface area contributed by atoms with Crippen molar-refractivity contribution in [2.45, 2.75) is 18.9 Å². The summed E-state index contributed by atoms with van der Waals surface area (Å²) >= 11 is 3.43. The fourth-order valence-corrected chi connectivity index (χ4v) is 2.48. The number of benzene rings is 1. The SMILES string of the molecule is NC1CCc2cnn(-c3ccc(Br)cc3)c21. The van der Waals surface area contributed by atoms with Gasteiger partial charge in [0.15, 0.2) is 0 Å². The summed E-state index contributed by atoms with van der Waals surface area (Å²) in [7, 11) is 0. The predicted octanol–water partition coefficient (Wildman–Crippen LogP) is 2.58. The lowest BCUT2D eigenvalue weighted by atomic mass is 10.2. The first-order chi connectivity index (χ1) is 7.75. The maximum absolute atomic E-state index is 6.09. The van der Waals surface area contributed by atoms with Crippen LogP contribution in [0.15, 0.2) is 34.9 Å². The van der Waals surface area contributed by atoms with Gasteiger partial charge in [-0.25, -0.2) is 4.68 Å². The normalized spacial score (nSPS) is 18.8. The minimum Gasteiger partial charge on any atom is -0.323 e. The number of hydrogen-bond acceptors (Lipinski definition) is 2. The van der Waals surface area contributed by atoms with E-state index in [1.54, 1.807) is 0 Å². The first-order valence-electron chi connectivity index (χ1n) is 5.34. The Bertz CT molecular complexity index is 516. The predicted molar refractivity (Wildman–Crippen MR) is 66.5 cm³/mol. The Hall–Kier alpha value is -1.13. The summed E-state index contributed by atoms with van der Waals surface area (Å²) in [5.74, 6) is 0. The molecule has 0 aliphatic heterocycles. The average Bonchev–Trinajstić information content (AvgIpc) is 2.84. The van der Waals surface area contributed by atoms with E-state index in [2.05, 4.69) is 21.0 Å². The molecule has 3 rings (SSSR count). The van der Waals surface area contributed by atoms with Crippen LogP contribution in [0.5, 0.6) is 0 Å². The molecule has 16 heavy (non-hydrogen) atoms. The molecule has 0 spiro atoms. The molecule has 0 radical (unpaired) electrons. The summed E-state index contributed by atoms with van der Waals surface area (Å²) in [4.78, 5) is 0. The zero-order valence-electron chi connectivity index (χ0n) is 8.73. The van der Waals surface area contributed by atoms with Gasteiger partial charge in [0.1, 0.15) is 0 Å². The molecule has 82 valence electrons. The van der Waals surface area contributed by atoms with Crippen molar-refractivity contribution in [1.29, 1.82) is 0 Å². The molecule has 4 heteroatoms. The molecule has 3 nitrogen and oxygen atoms in total. The van der Waals surface area contributed by atoms with Crippen LogP contribution in [0.2, 0.25) is 0 Å². The number of nitrogens with zero attached hydrogens (tertiary/aromatic N) is 2. The topological polar surface area (TPSA) is 43.8 Å². The van der Waals surface area contributed by atoms with Crippen LogP contribution >= 0.6 is 15.9 Å². The number of halogens is 1. The largest absolute Gasteiger partial charge is 0.323 e. The van der Waals surface area contributed by atoms with Gasteiger partial charge in [-0.15, -0.1) is 0 Å². The van der Waals surface area contributed by atoms with Crippen molar-refractivity contribution in [1.82, 2.24) is 9.78 Å². The van der Waals surface area contributed by atoms with Crippen LogP contribution in [0.1, 0.15) is 23.7 Å². The fourth-order valence-electron chi connectivity index (χ4n) is 2.22. The highest BCUT2D eigenvalue weighted by Crippen LogP contribution is 2.30. The molecule has 0 saturated carbocycles. The minimum atomic E-state index is 0.126. The molecule has 1 aliphatic rings. The summed E-state index contributed by atoms with van der Waals surface area (Å²) < 4.78 is 3.03. The lowest BCUT2D eigenvalue weighted by molar-refractivity contribution is 0.653. The van der Waals surface area contributed by atoms with Gasteiger partial charge in [0.05, 0.1) is 17.6 Å². The van der Waals surface area contributed by atoms with E-state index in [0.717, 1.165) is 23.0 Å². The first-order valence-corrected chi connectivity index (χ1v) is 6.13. The molecule has 0 saturated heterocycles. The van der Waals surface area contributed by atoms with Gasteiger partial charge in [-0.3, -0.25) is 0 Å². The van der Waals surface area contributed by atoms with Crippen molar-refractivity contribution >= 4 is 15.9 Å². The standard InChI is InChI=1S/C12H12BrN3/c13-9-2-4-10(5-3-9)16-12-8(7-15-16)1-6-11(12)14/h2-5,7,11H,1,6,14H2. The third-order valence-electron chi connectivity index (χ3n) is 3.03. The van der Waals surface area contributed by atoms with Gasteiger partial charge in [-0.05, 0) is 42.7 Å². The Kier molecular flexibility index (Phi) is 2.33. The van der Waals surface area contributed by atoms with E-state index in [1.807, 2.05) is 35.1 Å². The highest BCUT2D eigenvalue weighted by molar-refractivity contribution is 9.10. The van der Waals surface area contributed by atoms with Crippen molar-refractivity contribution in [3.8, 4) is 5.69 Å². The van der Waals surface area contributed by atoms with Crippen LogP contribution in [0.4, 0.5) is 0 Å². The van der Waals surface area contributed by atoms with E-state index in [-0.39, 0.29) is 6.04 Å². The summed E-state index contributed by atoms with van der Waals surface area (Å²) in [6, 6.07) is 8.25. The monoisotopic (exact) mass is 277 g/mol. The second-order valence-electron chi connectivity index (χ2n) is 4.09. The molecule has 2 N–H and O–H groups in total. The van der Waals surface area contributed by atoms with Gasteiger partial charge in [-0.1, -0.05) is 15.9 Å². The van der Waals surface area contributed by atoms with Crippen molar-refractivity contribution in [3.05, 3.63) is 46.2 Å².